The highest BCUT2D eigenvalue weighted by atomic mass is 32.2. The summed E-state index contributed by atoms with van der Waals surface area (Å²) in [7, 11) is 2.06. The van der Waals surface area contributed by atoms with Gasteiger partial charge >= 0.3 is 0 Å². The molecule has 73 heavy (non-hydrogen) atoms. The minimum atomic E-state index is -0.0105. The van der Waals surface area contributed by atoms with Gasteiger partial charge in [-0.15, -0.1) is 11.8 Å². The van der Waals surface area contributed by atoms with E-state index in [4.69, 9.17) is 9.97 Å². The molecule has 0 saturated carbocycles. The van der Waals surface area contributed by atoms with Crippen molar-refractivity contribution in [2.75, 3.05) is 18.5 Å². The largest absolute Gasteiger partial charge is 0.388 e. The van der Waals surface area contributed by atoms with Gasteiger partial charge in [-0.3, -0.25) is 0 Å². The van der Waals surface area contributed by atoms with Crippen LogP contribution in [0.1, 0.15) is 110 Å². The van der Waals surface area contributed by atoms with E-state index in [0.717, 1.165) is 88.3 Å². The van der Waals surface area contributed by atoms with Crippen molar-refractivity contribution in [3.05, 3.63) is 217 Å². The average molecular weight is 984 g/mol. The summed E-state index contributed by atoms with van der Waals surface area (Å²) >= 11 is 2.02. The van der Waals surface area contributed by atoms with Gasteiger partial charge in [0.05, 0.1) is 28.1 Å². The molecule has 2 aliphatic rings. The van der Waals surface area contributed by atoms with E-state index in [2.05, 4.69) is 214 Å². The molecule has 0 saturated heterocycles. The Morgan fingerprint density at radius 1 is 0.836 bits per heavy atom. The highest BCUT2D eigenvalue weighted by Crippen LogP contribution is 2.48. The Balaban J connectivity index is 0.00000140. The van der Waals surface area contributed by atoms with Crippen molar-refractivity contribution in [1.29, 1.82) is 0 Å². The van der Waals surface area contributed by atoms with Gasteiger partial charge in [0.1, 0.15) is 0 Å². The van der Waals surface area contributed by atoms with E-state index in [0.29, 0.717) is 5.82 Å². The molecule has 5 aromatic carbocycles. The molecule has 1 aliphatic carbocycles. The van der Waals surface area contributed by atoms with Gasteiger partial charge in [0.25, 0.3) is 0 Å². The SMILES string of the molecule is C=C/C=C\c1ccc2c(c1C)c1cccc(/C(=C/CCC3(C)CN(C4=CC=CCC=C4)c4ccccc4S3)NC)c1n2-c1cccc(-c2cc(C(/C=C\C)=C/CC)nc(-c3ccccc3)n2)c1.CC.CC.CC. The lowest BCUT2D eigenvalue weighted by atomic mass is 9.98. The molecule has 0 radical (unpaired) electrons. The molecule has 5 nitrogen and oxygen atoms in total. The molecule has 0 fully saturated rings. The molecule has 1 aliphatic heterocycles. The monoisotopic (exact) mass is 984 g/mol. The Bertz CT molecular complexity index is 3190. The number of hydrogen-bond donors (Lipinski definition) is 1. The standard InChI is InChI=1S/C61H59N5S.3C2H6/c1-7-10-25-44-37-38-56-58(43(44)4)51-33-21-32-50(52(62-6)34-22-39-61(5)42-65(48-29-16-11-12-17-30-48)55-35-18-19-36-57(55)67-61)59(51)66(56)49-31-20-28-47(40-49)54-41-53(45(23-8-2)24-9-3)63-60(64-54)46-26-14-13-15-27-46;3*1-2/h7-8,10-11,13-21,23-38,40-41,62H,1,9,12,22,39,42H2,2-6H3;3*1-2H3/b23-8-,25-10-,45-24+,52-34-;;;. The second-order valence-corrected chi connectivity index (χ2v) is 19.1. The molecule has 9 rings (SSSR count). The van der Waals surface area contributed by atoms with Crippen LogP contribution in [0.3, 0.4) is 0 Å². The van der Waals surface area contributed by atoms with Crippen LogP contribution in [-0.2, 0) is 0 Å². The second-order valence-electron chi connectivity index (χ2n) is 17.4. The van der Waals surface area contributed by atoms with E-state index in [1.165, 1.54) is 38.2 Å². The maximum absolute atomic E-state index is 5.24. The third-order valence-corrected chi connectivity index (χ3v) is 14.1. The number of hydrogen-bond acceptors (Lipinski definition) is 5. The van der Waals surface area contributed by atoms with Crippen molar-refractivity contribution in [3.63, 3.8) is 0 Å². The minimum Gasteiger partial charge on any atom is -0.388 e. The number of nitrogens with one attached hydrogen (secondary N) is 1. The summed E-state index contributed by atoms with van der Waals surface area (Å²) in [6.45, 7) is 25.8. The lowest BCUT2D eigenvalue weighted by molar-refractivity contribution is 0.581. The molecular formula is C67H77N5S. The van der Waals surface area contributed by atoms with Crippen molar-refractivity contribution < 1.29 is 0 Å². The molecule has 1 atom stereocenters. The molecule has 2 aromatic heterocycles. The fourth-order valence-electron chi connectivity index (χ4n) is 9.57. The predicted octanol–water partition coefficient (Wildman–Crippen LogP) is 19.0. The lowest BCUT2D eigenvalue weighted by Crippen LogP contribution is -2.41. The Labute approximate surface area is 442 Å². The highest BCUT2D eigenvalue weighted by Gasteiger charge is 2.35. The third kappa shape index (κ3) is 12.6. The summed E-state index contributed by atoms with van der Waals surface area (Å²) in [5.41, 5.74) is 15.5. The van der Waals surface area contributed by atoms with Gasteiger partial charge in [-0.05, 0) is 112 Å². The average Bonchev–Trinajstić information content (AvgIpc) is 3.55. The molecule has 1 unspecified atom stereocenters. The fourth-order valence-corrected chi connectivity index (χ4v) is 10.9. The Kier molecular flexibility index (Phi) is 20.4. The summed E-state index contributed by atoms with van der Waals surface area (Å²) in [6.07, 6.45) is 29.9. The van der Waals surface area contributed by atoms with Gasteiger partial charge in [-0.25, -0.2) is 9.97 Å². The van der Waals surface area contributed by atoms with Crippen LogP contribution in [0.2, 0.25) is 0 Å². The van der Waals surface area contributed by atoms with Crippen molar-refractivity contribution >= 4 is 56.6 Å². The quantitative estimate of drug-likeness (QED) is 0.110. The molecule has 0 amide bonds. The van der Waals surface area contributed by atoms with Gasteiger partial charge in [-0.2, -0.15) is 0 Å². The number of aryl methyl sites for hydroxylation is 1. The first-order valence-electron chi connectivity index (χ1n) is 26.5. The lowest BCUT2D eigenvalue weighted by Gasteiger charge is -2.42. The van der Waals surface area contributed by atoms with Gasteiger partial charge in [0.2, 0.25) is 0 Å². The zero-order valence-electron chi connectivity index (χ0n) is 45.3. The molecule has 3 heterocycles. The van der Waals surface area contributed by atoms with Gasteiger partial charge in [0.15, 0.2) is 5.82 Å². The number of para-hydroxylation sites is 2. The molecule has 1 N–H and O–H groups in total. The van der Waals surface area contributed by atoms with Crippen LogP contribution >= 0.6 is 11.8 Å². The summed E-state index contributed by atoms with van der Waals surface area (Å²) < 4.78 is 2.45. The summed E-state index contributed by atoms with van der Waals surface area (Å²) in [5, 5.41) is 6.12. The fraction of sp³-hybridized carbons (Fsp3) is 0.254. The van der Waals surface area contributed by atoms with E-state index in [1.807, 2.05) is 83.7 Å². The molecule has 376 valence electrons. The highest BCUT2D eigenvalue weighted by molar-refractivity contribution is 8.01. The summed E-state index contributed by atoms with van der Waals surface area (Å²) in [4.78, 5) is 14.2. The molecule has 6 heteroatoms. The normalized spacial score (nSPS) is 15.4. The van der Waals surface area contributed by atoms with Gasteiger partial charge in [-0.1, -0.05) is 195 Å². The first-order valence-corrected chi connectivity index (χ1v) is 27.4. The van der Waals surface area contributed by atoms with Crippen molar-refractivity contribution in [2.24, 2.45) is 0 Å². The van der Waals surface area contributed by atoms with Crippen LogP contribution in [0.15, 0.2) is 199 Å². The first kappa shape index (κ1) is 55.2. The zero-order chi connectivity index (χ0) is 52.3. The van der Waals surface area contributed by atoms with Crippen molar-refractivity contribution in [3.8, 4) is 28.3 Å². The molecule has 0 spiro atoms. The molecule has 7 aromatic rings. The second kappa shape index (κ2) is 27.1. The Morgan fingerprint density at radius 3 is 2.34 bits per heavy atom. The number of thioether (sulfide) groups is 1. The Morgan fingerprint density at radius 2 is 1.59 bits per heavy atom. The Hall–Kier alpha value is -7.15. The van der Waals surface area contributed by atoms with E-state index >= 15 is 0 Å². The van der Waals surface area contributed by atoms with Crippen LogP contribution in [0.25, 0.3) is 67.5 Å². The maximum Gasteiger partial charge on any atom is 0.160 e. The topological polar surface area (TPSA) is 46.0 Å². The minimum absolute atomic E-state index is 0.0105. The van der Waals surface area contributed by atoms with Crippen molar-refractivity contribution in [2.45, 2.75) is 105 Å². The van der Waals surface area contributed by atoms with Gasteiger partial charge < -0.3 is 14.8 Å². The van der Waals surface area contributed by atoms with Crippen LogP contribution in [0, 0.1) is 6.92 Å². The number of fused-ring (bicyclic) bond motifs is 4. The summed E-state index contributed by atoms with van der Waals surface area (Å²) in [5.74, 6) is 0.705. The first-order chi connectivity index (χ1) is 35.8. The number of anilines is 1. The van der Waals surface area contributed by atoms with Gasteiger partial charge in [0, 0.05) is 67.8 Å². The van der Waals surface area contributed by atoms with E-state index in [1.54, 1.807) is 0 Å². The van der Waals surface area contributed by atoms with Crippen LogP contribution in [0.5, 0.6) is 0 Å². The van der Waals surface area contributed by atoms with Crippen LogP contribution in [0.4, 0.5) is 5.69 Å². The number of rotatable bonds is 14. The van der Waals surface area contributed by atoms with E-state index in [-0.39, 0.29) is 4.75 Å². The van der Waals surface area contributed by atoms with Crippen LogP contribution < -0.4 is 10.2 Å². The van der Waals surface area contributed by atoms with E-state index in [9.17, 15) is 0 Å². The molecule has 0 bridgehead atoms. The number of nitrogens with zero attached hydrogens (tertiary/aromatic N) is 4. The van der Waals surface area contributed by atoms with Crippen LogP contribution in [-0.4, -0.2) is 32.9 Å². The van der Waals surface area contributed by atoms with Crippen molar-refractivity contribution in [1.82, 2.24) is 19.9 Å². The summed E-state index contributed by atoms with van der Waals surface area (Å²) in [6, 6.07) is 41.4. The third-order valence-electron chi connectivity index (χ3n) is 12.8. The van der Waals surface area contributed by atoms with E-state index < -0.39 is 0 Å². The maximum atomic E-state index is 5.24. The number of benzene rings is 5. The number of allylic oxidation sites excluding steroid dienone is 12. The smallest absolute Gasteiger partial charge is 0.160 e. The molecular weight excluding hydrogens is 907 g/mol. The predicted molar refractivity (Wildman–Crippen MR) is 324 cm³/mol. The number of aromatic nitrogens is 3. The zero-order valence-corrected chi connectivity index (χ0v) is 46.2.